The average molecular weight is 853 g/mol. The Morgan fingerprint density at radius 1 is 0.439 bits per heavy atom. The van der Waals surface area contributed by atoms with Gasteiger partial charge in [-0.2, -0.15) is 0 Å². The normalized spacial score (nSPS) is 50.0. The van der Waals surface area contributed by atoms with Crippen molar-refractivity contribution in [3.8, 4) is 0 Å². The van der Waals surface area contributed by atoms with Gasteiger partial charge in [0.05, 0.1) is 39.6 Å². The molecule has 57 heavy (non-hydrogen) atoms. The summed E-state index contributed by atoms with van der Waals surface area (Å²) in [4.78, 5) is 0. The zero-order valence-electron chi connectivity index (χ0n) is 29.7. The van der Waals surface area contributed by atoms with Crippen LogP contribution in [-0.4, -0.2) is 293 Å². The summed E-state index contributed by atoms with van der Waals surface area (Å²) in [7, 11) is 0. The highest BCUT2D eigenvalue weighted by atomic mass is 16.7. The van der Waals surface area contributed by atoms with Crippen molar-refractivity contribution in [2.24, 2.45) is 0 Å². The average Bonchev–Trinajstić information content (AvgIpc) is 3.43. The van der Waals surface area contributed by atoms with E-state index in [9.17, 15) is 40.9 Å². The molecule has 0 saturated carbocycles. The molecule has 0 radical (unpaired) electrons. The van der Waals surface area contributed by atoms with Gasteiger partial charge >= 0.3 is 0 Å². The Hall–Kier alpha value is -1.12. The van der Waals surface area contributed by atoms with Crippen LogP contribution >= 0.6 is 0 Å². The van der Waals surface area contributed by atoms with Crippen LogP contribution in [0.5, 0.6) is 0 Å². The lowest BCUT2D eigenvalue weighted by Crippen LogP contribution is -2.64. The highest BCUT2D eigenvalue weighted by Crippen LogP contribution is 2.30. The number of aliphatic hydroxyl groups excluding tert-OH is 21. The van der Waals surface area contributed by atoms with E-state index >= 15 is 0 Å². The van der Waals surface area contributed by atoms with E-state index in [0.717, 1.165) is 0 Å². The van der Waals surface area contributed by atoms with E-state index in [1.807, 2.05) is 0 Å². The third kappa shape index (κ3) is 12.7. The van der Waals surface area contributed by atoms with Crippen molar-refractivity contribution in [3.63, 3.8) is 0 Å². The van der Waals surface area contributed by atoms with Crippen LogP contribution in [0.3, 0.4) is 0 Å². The monoisotopic (exact) mass is 852 g/mol. The molecule has 0 bridgehead atoms. The second kappa shape index (κ2) is 23.2. The summed E-state index contributed by atoms with van der Waals surface area (Å²) in [5, 5.41) is 201. The SMILES string of the molecule is OC1OC[C@@H](O)[C@H](O)[C@H]1O.OC[C@H]1OC(O)[C@@H](O)[C@@H](O)[C@@H]1O.OC[C@H]1O[C@@H](O[C@H]2[C@H](O)[C@@H](O)[C@H](O)O[C@@H]2CO)[C@H](O)[C@@H](O)[C@@H]1O.OC[C@H]1O[C@](O)(CO)[C@@H](O)[C@@H]1O. The predicted molar refractivity (Wildman–Crippen MR) is 171 cm³/mol. The largest absolute Gasteiger partial charge is 0.394 e. The number of rotatable bonds is 7. The predicted octanol–water partition coefficient (Wildman–Crippen LogP) is -14.4. The Morgan fingerprint density at radius 3 is 1.32 bits per heavy atom. The Balaban J connectivity index is 0.000000281. The molecule has 28 heteroatoms. The lowest BCUT2D eigenvalue weighted by atomic mass is 9.97. The zero-order chi connectivity index (χ0) is 43.7. The third-order valence-corrected chi connectivity index (χ3v) is 9.25. The van der Waals surface area contributed by atoms with Crippen molar-refractivity contribution < 1.29 is 141 Å². The quantitative estimate of drug-likeness (QED) is 0.113. The molecule has 28 nitrogen and oxygen atoms in total. The molecular weight excluding hydrogens is 796 g/mol. The second-order valence-corrected chi connectivity index (χ2v) is 13.3. The molecule has 5 aliphatic rings. The molecule has 5 fully saturated rings. The molecule has 340 valence electrons. The maximum atomic E-state index is 9.94. The minimum Gasteiger partial charge on any atom is -0.394 e. The van der Waals surface area contributed by atoms with Crippen molar-refractivity contribution in [2.75, 3.05) is 39.6 Å². The first-order valence-corrected chi connectivity index (χ1v) is 17.1. The van der Waals surface area contributed by atoms with Crippen molar-refractivity contribution in [2.45, 2.75) is 141 Å². The van der Waals surface area contributed by atoms with Crippen LogP contribution in [0, 0.1) is 0 Å². The van der Waals surface area contributed by atoms with Gasteiger partial charge in [0.2, 0.25) is 5.79 Å². The van der Waals surface area contributed by atoms with Crippen LogP contribution in [0.1, 0.15) is 0 Å². The van der Waals surface area contributed by atoms with Crippen LogP contribution in [0.4, 0.5) is 0 Å². The summed E-state index contributed by atoms with van der Waals surface area (Å²) >= 11 is 0. The molecular formula is C29H56O28. The molecule has 0 aromatic heterocycles. The van der Waals surface area contributed by atoms with Crippen molar-refractivity contribution in [1.82, 2.24) is 0 Å². The van der Waals surface area contributed by atoms with Crippen LogP contribution < -0.4 is 0 Å². The molecule has 23 atom stereocenters. The van der Waals surface area contributed by atoms with Gasteiger partial charge in [0.15, 0.2) is 25.2 Å². The van der Waals surface area contributed by atoms with E-state index in [1.54, 1.807) is 0 Å². The molecule has 22 N–H and O–H groups in total. The summed E-state index contributed by atoms with van der Waals surface area (Å²) in [6, 6.07) is 0. The molecule has 0 amide bonds. The lowest BCUT2D eigenvalue weighted by molar-refractivity contribution is -0.355. The standard InChI is InChI=1S/C12H22O11.2C6H12O6.C5H10O5/c13-1-3-5(15)6(16)9(19)12(22-3)23-10-4(2-14)21-11(20)8(18)7(10)17;7-1-3-4(9)5(10)6(11,2-8)12-3;7-1-2-3(8)4(9)5(10)6(11)12-2;6-2-1-10-5(9)4(8)3(2)7/h3-20H,1-2H2;3-5,7-11H,1-2H2;2-11H,1H2;2-9H,1H2/t3-,4-,5-,6+,7-,8-,9-,10-,11-,12+;3-,4-,5+,6-;2-,3-,4+,5+,6?;2-,3+,4-,5?/m1111/s1. The summed E-state index contributed by atoms with van der Waals surface area (Å²) in [5.41, 5.74) is 0. The van der Waals surface area contributed by atoms with Gasteiger partial charge in [0.25, 0.3) is 0 Å². The number of ether oxygens (including phenoxy) is 6. The Bertz CT molecular complexity index is 1100. The van der Waals surface area contributed by atoms with E-state index in [-0.39, 0.29) is 6.61 Å². The van der Waals surface area contributed by atoms with Crippen LogP contribution in [0.15, 0.2) is 0 Å². The molecule has 5 saturated heterocycles. The fraction of sp³-hybridized carbons (Fsp3) is 1.00. The smallest absolute Gasteiger partial charge is 0.219 e. The van der Waals surface area contributed by atoms with Gasteiger partial charge < -0.3 is 141 Å². The summed E-state index contributed by atoms with van der Waals surface area (Å²) in [6.07, 6.45) is -31.9. The molecule has 0 aromatic rings. The first-order valence-electron chi connectivity index (χ1n) is 17.1. The highest BCUT2D eigenvalue weighted by molar-refractivity contribution is 4.95. The fourth-order valence-electron chi connectivity index (χ4n) is 5.59. The van der Waals surface area contributed by atoms with E-state index in [2.05, 4.69) is 14.2 Å². The summed E-state index contributed by atoms with van der Waals surface area (Å²) in [5.74, 6) is -2.16. The molecule has 2 unspecified atom stereocenters. The topological polar surface area (TPSA) is 500 Å². The fourth-order valence-corrected chi connectivity index (χ4v) is 5.59. The zero-order valence-corrected chi connectivity index (χ0v) is 29.7. The van der Waals surface area contributed by atoms with Crippen molar-refractivity contribution in [3.05, 3.63) is 0 Å². The Labute approximate surface area is 321 Å². The molecule has 0 aromatic carbocycles. The Kier molecular flexibility index (Phi) is 21.2. The van der Waals surface area contributed by atoms with Gasteiger partial charge in [0, 0.05) is 0 Å². The van der Waals surface area contributed by atoms with E-state index < -0.39 is 174 Å². The minimum atomic E-state index is -2.16. The van der Waals surface area contributed by atoms with Crippen LogP contribution in [0.25, 0.3) is 0 Å². The molecule has 5 aliphatic heterocycles. The van der Waals surface area contributed by atoms with Gasteiger partial charge in [-0.3, -0.25) is 0 Å². The van der Waals surface area contributed by atoms with E-state index in [1.165, 1.54) is 0 Å². The first kappa shape index (κ1) is 52.0. The second-order valence-electron chi connectivity index (χ2n) is 13.3. The summed E-state index contributed by atoms with van der Waals surface area (Å²) < 4.78 is 28.9. The maximum Gasteiger partial charge on any atom is 0.219 e. The van der Waals surface area contributed by atoms with Crippen LogP contribution in [-0.2, 0) is 28.4 Å². The van der Waals surface area contributed by atoms with Crippen molar-refractivity contribution in [1.29, 1.82) is 0 Å². The molecule has 0 spiro atoms. The highest BCUT2D eigenvalue weighted by Gasteiger charge is 2.53. The van der Waals surface area contributed by atoms with E-state index in [0.29, 0.717) is 0 Å². The number of aliphatic hydroxyl groups is 22. The number of hydrogen-bond donors (Lipinski definition) is 22. The molecule has 5 rings (SSSR count). The minimum absolute atomic E-state index is 0.153. The van der Waals surface area contributed by atoms with Gasteiger partial charge in [-0.1, -0.05) is 0 Å². The third-order valence-electron chi connectivity index (χ3n) is 9.25. The van der Waals surface area contributed by atoms with Gasteiger partial charge in [-0.25, -0.2) is 0 Å². The summed E-state index contributed by atoms with van der Waals surface area (Å²) in [6.45, 7) is -3.38. The van der Waals surface area contributed by atoms with Gasteiger partial charge in [-0.05, 0) is 0 Å². The van der Waals surface area contributed by atoms with E-state index in [4.69, 9.17) is 85.7 Å². The molecule has 5 heterocycles. The van der Waals surface area contributed by atoms with Crippen molar-refractivity contribution >= 4 is 0 Å². The Morgan fingerprint density at radius 2 is 0.877 bits per heavy atom. The van der Waals surface area contributed by atoms with Gasteiger partial charge in [-0.15, -0.1) is 0 Å². The maximum absolute atomic E-state index is 9.94. The lowest BCUT2D eigenvalue weighted by Gasteiger charge is -2.45. The first-order chi connectivity index (χ1) is 26.6. The molecule has 0 aliphatic carbocycles. The van der Waals surface area contributed by atoms with Crippen LogP contribution in [0.2, 0.25) is 0 Å². The number of hydrogen-bond acceptors (Lipinski definition) is 28. The van der Waals surface area contributed by atoms with Gasteiger partial charge in [0.1, 0.15) is 110 Å².